The van der Waals surface area contributed by atoms with E-state index in [-0.39, 0.29) is 11.4 Å². The van der Waals surface area contributed by atoms with Crippen molar-refractivity contribution in [1.82, 2.24) is 5.32 Å². The van der Waals surface area contributed by atoms with Crippen LogP contribution in [0.3, 0.4) is 0 Å². The fourth-order valence-corrected chi connectivity index (χ4v) is 2.12. The normalized spacial score (nSPS) is 13.1. The number of fused-ring (bicyclic) bond motifs is 1. The molecule has 2 aromatic rings. The van der Waals surface area contributed by atoms with E-state index in [1.54, 1.807) is 6.07 Å². The highest BCUT2D eigenvalue weighted by atomic mass is 16.6. The van der Waals surface area contributed by atoms with Crippen molar-refractivity contribution in [3.05, 3.63) is 63.7 Å². The molecule has 0 radical (unpaired) electrons. The summed E-state index contributed by atoms with van der Waals surface area (Å²) in [6.07, 6.45) is 0. The highest BCUT2D eigenvalue weighted by molar-refractivity contribution is 6.02. The number of nitrogen functional groups attached to an aromatic ring is 1. The number of aliphatic imine (C=N–C) groups is 1. The van der Waals surface area contributed by atoms with Crippen LogP contribution in [-0.2, 0) is 6.54 Å². The Hall–Kier alpha value is -2.89. The molecule has 0 saturated carbocycles. The van der Waals surface area contributed by atoms with Crippen LogP contribution in [0.15, 0.2) is 47.5 Å². The topological polar surface area (TPSA) is 93.5 Å². The number of nitro groups is 1. The Morgan fingerprint density at radius 2 is 2.05 bits per heavy atom. The van der Waals surface area contributed by atoms with Gasteiger partial charge in [0.2, 0.25) is 0 Å². The molecule has 0 amide bonds. The van der Waals surface area contributed by atoms with Crippen LogP contribution in [0.25, 0.3) is 0 Å². The molecule has 20 heavy (non-hydrogen) atoms. The third-order valence-corrected chi connectivity index (χ3v) is 3.17. The minimum Gasteiger partial charge on any atom is -0.393 e. The van der Waals surface area contributed by atoms with Crippen molar-refractivity contribution in [3.63, 3.8) is 0 Å². The summed E-state index contributed by atoms with van der Waals surface area (Å²) in [4.78, 5) is 14.9. The zero-order chi connectivity index (χ0) is 14.1. The van der Waals surface area contributed by atoms with Crippen molar-refractivity contribution < 1.29 is 4.92 Å². The van der Waals surface area contributed by atoms with Gasteiger partial charge in [0.1, 0.15) is 11.5 Å². The molecule has 1 aliphatic heterocycles. The number of amidine groups is 1. The van der Waals surface area contributed by atoms with Gasteiger partial charge in [-0.3, -0.25) is 10.1 Å². The molecule has 0 unspecified atom stereocenters. The summed E-state index contributed by atoms with van der Waals surface area (Å²) in [5.74, 6) is 0.617. The van der Waals surface area contributed by atoms with E-state index in [9.17, 15) is 10.1 Å². The Labute approximate surface area is 115 Å². The molecule has 0 aliphatic carbocycles. The molecule has 6 heteroatoms. The molecule has 2 aromatic carbocycles. The van der Waals surface area contributed by atoms with Crippen molar-refractivity contribution in [2.45, 2.75) is 6.54 Å². The van der Waals surface area contributed by atoms with E-state index in [0.29, 0.717) is 17.9 Å². The average molecular weight is 268 g/mol. The minimum absolute atomic E-state index is 0.106. The largest absolute Gasteiger partial charge is 0.393 e. The highest BCUT2D eigenvalue weighted by Gasteiger charge is 2.17. The molecule has 3 N–H and O–H groups in total. The standard InChI is InChI=1S/C14H12N4O2/c15-11-6-5-9(7-13(11)18(19)20)14-16-8-10-3-1-2-4-12(10)17-14/h1-7H,8,15H2,(H,16,17). The molecule has 0 saturated heterocycles. The first kappa shape index (κ1) is 12.2. The molecule has 1 heterocycles. The summed E-state index contributed by atoms with van der Waals surface area (Å²) in [7, 11) is 0. The number of hydrogen-bond acceptors (Lipinski definition) is 5. The molecular formula is C14H12N4O2. The number of nitrogens with one attached hydrogen (secondary N) is 1. The van der Waals surface area contributed by atoms with Crippen molar-refractivity contribution in [2.75, 3.05) is 5.73 Å². The van der Waals surface area contributed by atoms with Crippen molar-refractivity contribution in [2.24, 2.45) is 4.99 Å². The number of nitrogens with zero attached hydrogens (tertiary/aromatic N) is 2. The Bertz CT molecular complexity index is 725. The maximum atomic E-state index is 10.9. The van der Waals surface area contributed by atoms with Gasteiger partial charge in [0.05, 0.1) is 10.6 Å². The predicted octanol–water partition coefficient (Wildman–Crippen LogP) is 2.36. The van der Waals surface area contributed by atoms with Crippen LogP contribution < -0.4 is 11.1 Å². The van der Waals surface area contributed by atoms with Crippen LogP contribution in [0.2, 0.25) is 0 Å². The molecule has 0 spiro atoms. The van der Waals surface area contributed by atoms with Gasteiger partial charge in [-0.1, -0.05) is 18.2 Å². The molecule has 1 aliphatic rings. The zero-order valence-corrected chi connectivity index (χ0v) is 10.5. The smallest absolute Gasteiger partial charge is 0.292 e. The lowest BCUT2D eigenvalue weighted by molar-refractivity contribution is -0.383. The van der Waals surface area contributed by atoms with Gasteiger partial charge in [-0.05, 0) is 23.8 Å². The van der Waals surface area contributed by atoms with Gasteiger partial charge >= 0.3 is 0 Å². The van der Waals surface area contributed by atoms with Crippen molar-refractivity contribution in [1.29, 1.82) is 0 Å². The SMILES string of the molecule is Nc1ccc(C2=Nc3ccccc3CN2)cc1[N+](=O)[O-]. The lowest BCUT2D eigenvalue weighted by atomic mass is 10.1. The molecule has 0 atom stereocenters. The molecule has 100 valence electrons. The summed E-state index contributed by atoms with van der Waals surface area (Å²) in [5, 5.41) is 14.1. The highest BCUT2D eigenvalue weighted by Crippen LogP contribution is 2.26. The Morgan fingerprint density at radius 3 is 2.85 bits per heavy atom. The number of nitro benzene ring substituents is 1. The van der Waals surface area contributed by atoms with Gasteiger partial charge in [0.25, 0.3) is 5.69 Å². The zero-order valence-electron chi connectivity index (χ0n) is 10.5. The number of benzene rings is 2. The van der Waals surface area contributed by atoms with Crippen LogP contribution in [0.1, 0.15) is 11.1 Å². The van der Waals surface area contributed by atoms with Gasteiger partial charge in [0.15, 0.2) is 0 Å². The number of rotatable bonds is 2. The van der Waals surface area contributed by atoms with E-state index in [2.05, 4.69) is 10.3 Å². The van der Waals surface area contributed by atoms with Crippen molar-refractivity contribution >= 4 is 22.9 Å². The van der Waals surface area contributed by atoms with E-state index >= 15 is 0 Å². The number of para-hydroxylation sites is 1. The molecule has 6 nitrogen and oxygen atoms in total. The van der Waals surface area contributed by atoms with E-state index < -0.39 is 4.92 Å². The minimum atomic E-state index is -0.490. The van der Waals surface area contributed by atoms with Crippen LogP contribution in [0.4, 0.5) is 17.1 Å². The van der Waals surface area contributed by atoms with Gasteiger partial charge in [-0.2, -0.15) is 0 Å². The Morgan fingerprint density at radius 1 is 1.25 bits per heavy atom. The molecule has 3 rings (SSSR count). The third kappa shape index (κ3) is 2.07. The first-order valence-electron chi connectivity index (χ1n) is 6.10. The molecule has 0 bridgehead atoms. The summed E-state index contributed by atoms with van der Waals surface area (Å²) >= 11 is 0. The monoisotopic (exact) mass is 268 g/mol. The van der Waals surface area contributed by atoms with Gasteiger partial charge in [0, 0.05) is 18.2 Å². The first-order chi connectivity index (χ1) is 9.65. The number of anilines is 1. The summed E-state index contributed by atoms with van der Waals surface area (Å²) in [6, 6.07) is 12.5. The first-order valence-corrected chi connectivity index (χ1v) is 6.10. The van der Waals surface area contributed by atoms with E-state index in [1.165, 1.54) is 12.1 Å². The van der Waals surface area contributed by atoms with E-state index in [0.717, 1.165) is 11.3 Å². The fraction of sp³-hybridized carbons (Fsp3) is 0.0714. The van der Waals surface area contributed by atoms with E-state index in [4.69, 9.17) is 5.73 Å². The fourth-order valence-electron chi connectivity index (χ4n) is 2.12. The number of hydrogen-bond donors (Lipinski definition) is 2. The second kappa shape index (κ2) is 4.65. The van der Waals surface area contributed by atoms with Crippen LogP contribution in [0.5, 0.6) is 0 Å². The molecule has 0 fully saturated rings. The lowest BCUT2D eigenvalue weighted by Crippen LogP contribution is -2.26. The van der Waals surface area contributed by atoms with Gasteiger partial charge in [-0.25, -0.2) is 4.99 Å². The third-order valence-electron chi connectivity index (χ3n) is 3.17. The quantitative estimate of drug-likeness (QED) is 0.496. The molecular weight excluding hydrogens is 256 g/mol. The summed E-state index contributed by atoms with van der Waals surface area (Å²) in [6.45, 7) is 0.646. The average Bonchev–Trinajstić information content (AvgIpc) is 2.47. The Kier molecular flexibility index (Phi) is 2.83. The van der Waals surface area contributed by atoms with Crippen LogP contribution in [-0.4, -0.2) is 10.8 Å². The second-order valence-corrected chi connectivity index (χ2v) is 4.47. The van der Waals surface area contributed by atoms with Crippen LogP contribution in [0, 0.1) is 10.1 Å². The van der Waals surface area contributed by atoms with Crippen LogP contribution >= 0.6 is 0 Å². The Balaban J connectivity index is 2.05. The van der Waals surface area contributed by atoms with Crippen molar-refractivity contribution in [3.8, 4) is 0 Å². The van der Waals surface area contributed by atoms with E-state index in [1.807, 2.05) is 24.3 Å². The number of nitrogens with two attached hydrogens (primary N) is 1. The summed E-state index contributed by atoms with van der Waals surface area (Å²) in [5.41, 5.74) is 8.26. The maximum Gasteiger partial charge on any atom is 0.292 e. The second-order valence-electron chi connectivity index (χ2n) is 4.47. The van der Waals surface area contributed by atoms with Gasteiger partial charge < -0.3 is 11.1 Å². The lowest BCUT2D eigenvalue weighted by Gasteiger charge is -2.17. The predicted molar refractivity (Wildman–Crippen MR) is 77.0 cm³/mol. The summed E-state index contributed by atoms with van der Waals surface area (Å²) < 4.78 is 0. The molecule has 0 aromatic heterocycles. The maximum absolute atomic E-state index is 10.9. The van der Waals surface area contributed by atoms with Gasteiger partial charge in [-0.15, -0.1) is 0 Å².